The summed E-state index contributed by atoms with van der Waals surface area (Å²) in [5.41, 5.74) is 4.23. The fourth-order valence-corrected chi connectivity index (χ4v) is 4.47. The SMILES string of the molecule is Cc1ccc(CN(CC(=O)O)C(=O)c2ccc3c(c2)CC[C@@](C)(Cc2ccc(Cl)cc2)O3)cc1. The van der Waals surface area contributed by atoms with E-state index in [0.717, 1.165) is 47.3 Å². The maximum atomic E-state index is 13.2. The summed E-state index contributed by atoms with van der Waals surface area (Å²) in [4.78, 5) is 26.1. The van der Waals surface area contributed by atoms with Crippen molar-refractivity contribution in [1.82, 2.24) is 4.90 Å². The monoisotopic (exact) mass is 477 g/mol. The Labute approximate surface area is 204 Å². The highest BCUT2D eigenvalue weighted by molar-refractivity contribution is 6.30. The van der Waals surface area contributed by atoms with Crippen molar-refractivity contribution >= 4 is 23.5 Å². The Morgan fingerprint density at radius 3 is 2.38 bits per heavy atom. The Balaban J connectivity index is 1.50. The first kappa shape index (κ1) is 23.8. The number of fused-ring (bicyclic) bond motifs is 1. The van der Waals surface area contributed by atoms with Crippen LogP contribution in [0.1, 0.15) is 46.0 Å². The molecular weight excluding hydrogens is 450 g/mol. The molecule has 1 atom stereocenters. The quantitative estimate of drug-likeness (QED) is 0.474. The van der Waals surface area contributed by atoms with Crippen LogP contribution in [0.2, 0.25) is 5.02 Å². The molecule has 0 radical (unpaired) electrons. The van der Waals surface area contributed by atoms with Gasteiger partial charge in [-0.2, -0.15) is 0 Å². The second-order valence-corrected chi connectivity index (χ2v) is 9.65. The predicted octanol–water partition coefficient (Wildman–Crippen LogP) is 5.70. The summed E-state index contributed by atoms with van der Waals surface area (Å²) in [5.74, 6) is -0.581. The molecule has 5 nitrogen and oxygen atoms in total. The number of aliphatic carboxylic acids is 1. The minimum absolute atomic E-state index is 0.234. The van der Waals surface area contributed by atoms with Crippen molar-refractivity contribution in [2.24, 2.45) is 0 Å². The van der Waals surface area contributed by atoms with Crippen molar-refractivity contribution in [3.8, 4) is 5.75 Å². The Morgan fingerprint density at radius 1 is 1.03 bits per heavy atom. The first-order valence-electron chi connectivity index (χ1n) is 11.3. The largest absolute Gasteiger partial charge is 0.487 e. The Morgan fingerprint density at radius 2 is 1.71 bits per heavy atom. The average molecular weight is 478 g/mol. The van der Waals surface area contributed by atoms with E-state index < -0.39 is 5.97 Å². The zero-order chi connectivity index (χ0) is 24.3. The van der Waals surface area contributed by atoms with Gasteiger partial charge in [-0.3, -0.25) is 9.59 Å². The number of rotatable bonds is 7. The van der Waals surface area contributed by atoms with E-state index in [0.29, 0.717) is 10.6 Å². The van der Waals surface area contributed by atoms with Crippen LogP contribution in [0.4, 0.5) is 0 Å². The number of nitrogens with zero attached hydrogens (tertiary/aromatic N) is 1. The van der Waals surface area contributed by atoms with Crippen molar-refractivity contribution in [3.05, 3.63) is 99.6 Å². The van der Waals surface area contributed by atoms with Crippen LogP contribution >= 0.6 is 11.6 Å². The molecule has 6 heteroatoms. The highest BCUT2D eigenvalue weighted by atomic mass is 35.5. The van der Waals surface area contributed by atoms with E-state index >= 15 is 0 Å². The number of benzene rings is 3. The standard InChI is InChI=1S/C28H28ClNO4/c1-19-3-5-21(6-4-19)17-30(18-26(31)32)27(33)23-9-12-25-22(15-23)13-14-28(2,34-25)16-20-7-10-24(29)11-8-20/h3-12,15H,13-14,16-18H2,1-2H3,(H,31,32)/t28-/m0/s1. The van der Waals surface area contributed by atoms with E-state index in [-0.39, 0.29) is 24.6 Å². The number of carbonyl (C=O) groups excluding carboxylic acids is 1. The Hall–Kier alpha value is -3.31. The van der Waals surface area contributed by atoms with Crippen LogP contribution in [0.3, 0.4) is 0 Å². The number of carboxylic acid groups (broad SMARTS) is 1. The van der Waals surface area contributed by atoms with E-state index in [4.69, 9.17) is 16.3 Å². The van der Waals surface area contributed by atoms with Crippen LogP contribution in [0.25, 0.3) is 0 Å². The number of carbonyl (C=O) groups is 2. The number of ether oxygens (including phenoxy) is 1. The summed E-state index contributed by atoms with van der Waals surface area (Å²) >= 11 is 6.00. The van der Waals surface area contributed by atoms with E-state index in [1.54, 1.807) is 6.07 Å². The zero-order valence-electron chi connectivity index (χ0n) is 19.4. The molecule has 0 unspecified atom stereocenters. The zero-order valence-corrected chi connectivity index (χ0v) is 20.1. The molecule has 0 saturated heterocycles. The lowest BCUT2D eigenvalue weighted by Gasteiger charge is -2.36. The molecule has 0 saturated carbocycles. The van der Waals surface area contributed by atoms with Gasteiger partial charge in [0.2, 0.25) is 0 Å². The van der Waals surface area contributed by atoms with E-state index in [9.17, 15) is 14.7 Å². The Bertz CT molecular complexity index is 1190. The molecule has 1 heterocycles. The summed E-state index contributed by atoms with van der Waals surface area (Å²) < 4.78 is 6.37. The van der Waals surface area contributed by atoms with Crippen LogP contribution in [-0.4, -0.2) is 34.0 Å². The lowest BCUT2D eigenvalue weighted by atomic mass is 9.87. The lowest BCUT2D eigenvalue weighted by molar-refractivity contribution is -0.137. The summed E-state index contributed by atoms with van der Waals surface area (Å²) in [7, 11) is 0. The van der Waals surface area contributed by atoms with Gasteiger partial charge in [0.1, 0.15) is 17.9 Å². The van der Waals surface area contributed by atoms with E-state index in [1.807, 2.05) is 67.6 Å². The molecule has 0 fully saturated rings. The molecule has 0 aliphatic carbocycles. The summed E-state index contributed by atoms with van der Waals surface area (Å²) in [6.45, 7) is 3.96. The average Bonchev–Trinajstić information content (AvgIpc) is 2.80. The third kappa shape index (κ3) is 5.78. The molecule has 1 aliphatic rings. The van der Waals surface area contributed by atoms with Gasteiger partial charge in [-0.1, -0.05) is 53.6 Å². The van der Waals surface area contributed by atoms with Gasteiger partial charge in [-0.25, -0.2) is 0 Å². The molecule has 0 aromatic heterocycles. The predicted molar refractivity (Wildman–Crippen MR) is 133 cm³/mol. The molecule has 1 amide bonds. The number of carboxylic acids is 1. The van der Waals surface area contributed by atoms with E-state index in [1.165, 1.54) is 4.90 Å². The normalized spacial score (nSPS) is 16.9. The maximum Gasteiger partial charge on any atom is 0.323 e. The van der Waals surface area contributed by atoms with E-state index in [2.05, 4.69) is 6.92 Å². The van der Waals surface area contributed by atoms with Gasteiger partial charge < -0.3 is 14.7 Å². The van der Waals surface area contributed by atoms with Gasteiger partial charge in [0, 0.05) is 23.6 Å². The van der Waals surface area contributed by atoms with Crippen LogP contribution in [-0.2, 0) is 24.2 Å². The molecule has 1 aliphatic heterocycles. The van der Waals surface area contributed by atoms with Gasteiger partial charge in [0.05, 0.1) is 0 Å². The third-order valence-electron chi connectivity index (χ3n) is 6.19. The van der Waals surface area contributed by atoms with Crippen LogP contribution in [0, 0.1) is 6.92 Å². The van der Waals surface area contributed by atoms with Crippen molar-refractivity contribution in [3.63, 3.8) is 0 Å². The van der Waals surface area contributed by atoms with Crippen LogP contribution < -0.4 is 4.74 Å². The topological polar surface area (TPSA) is 66.8 Å². The number of hydrogen-bond acceptors (Lipinski definition) is 3. The van der Waals surface area contributed by atoms with Crippen molar-refractivity contribution in [2.45, 2.75) is 45.3 Å². The molecular formula is C28H28ClNO4. The molecule has 176 valence electrons. The summed E-state index contributed by atoms with van der Waals surface area (Å²) in [6, 6.07) is 20.9. The highest BCUT2D eigenvalue weighted by Gasteiger charge is 2.32. The van der Waals surface area contributed by atoms with Crippen LogP contribution in [0.5, 0.6) is 5.75 Å². The molecule has 34 heavy (non-hydrogen) atoms. The fraction of sp³-hybridized carbons (Fsp3) is 0.286. The first-order valence-corrected chi connectivity index (χ1v) is 11.7. The second kappa shape index (κ2) is 9.90. The van der Waals surface area contributed by atoms with Gasteiger partial charge in [-0.15, -0.1) is 0 Å². The van der Waals surface area contributed by atoms with Gasteiger partial charge in [0.15, 0.2) is 0 Å². The minimum Gasteiger partial charge on any atom is -0.487 e. The number of hydrogen-bond donors (Lipinski definition) is 1. The fourth-order valence-electron chi connectivity index (χ4n) is 4.34. The number of amides is 1. The molecule has 1 N–H and O–H groups in total. The van der Waals surface area contributed by atoms with Gasteiger partial charge in [-0.05, 0) is 73.7 Å². The molecule has 3 aromatic rings. The lowest BCUT2D eigenvalue weighted by Crippen LogP contribution is -2.39. The molecule has 0 spiro atoms. The minimum atomic E-state index is -1.04. The molecule has 4 rings (SSSR count). The highest BCUT2D eigenvalue weighted by Crippen LogP contribution is 2.36. The van der Waals surface area contributed by atoms with Crippen molar-refractivity contribution in [2.75, 3.05) is 6.54 Å². The first-order chi connectivity index (χ1) is 16.2. The summed E-state index contributed by atoms with van der Waals surface area (Å²) in [5, 5.41) is 10.1. The number of halogens is 1. The smallest absolute Gasteiger partial charge is 0.323 e. The maximum absolute atomic E-state index is 13.2. The van der Waals surface area contributed by atoms with Gasteiger partial charge in [0.25, 0.3) is 5.91 Å². The molecule has 0 bridgehead atoms. The summed E-state index contributed by atoms with van der Waals surface area (Å²) in [6.07, 6.45) is 2.34. The van der Waals surface area contributed by atoms with Gasteiger partial charge >= 0.3 is 5.97 Å². The third-order valence-corrected chi connectivity index (χ3v) is 6.44. The second-order valence-electron chi connectivity index (χ2n) is 9.22. The van der Waals surface area contributed by atoms with Crippen molar-refractivity contribution in [1.29, 1.82) is 0 Å². The Kier molecular flexibility index (Phi) is 6.94. The number of aryl methyl sites for hydroxylation is 2. The van der Waals surface area contributed by atoms with Crippen molar-refractivity contribution < 1.29 is 19.4 Å². The molecule has 3 aromatic carbocycles. The van der Waals surface area contributed by atoms with Crippen LogP contribution in [0.15, 0.2) is 66.7 Å².